The van der Waals surface area contributed by atoms with Gasteiger partial charge in [-0.15, -0.1) is 0 Å². The van der Waals surface area contributed by atoms with Crippen LogP contribution in [-0.2, 0) is 13.5 Å². The van der Waals surface area contributed by atoms with Gasteiger partial charge in [-0.3, -0.25) is 0 Å². The van der Waals surface area contributed by atoms with Gasteiger partial charge in [0.15, 0.2) is 0 Å². The average molecular weight is 338 g/mol. The second-order valence-corrected chi connectivity index (χ2v) is 6.40. The molecule has 25 heavy (non-hydrogen) atoms. The minimum atomic E-state index is -1.02. The maximum atomic E-state index is 11.8. The fraction of sp³-hybridized carbons (Fsp3) is 0.400. The molecule has 0 unspecified atom stereocenters. The van der Waals surface area contributed by atoms with Gasteiger partial charge in [0, 0.05) is 18.3 Å². The molecule has 1 aliphatic carbocycles. The zero-order chi connectivity index (χ0) is 18.0. The third-order valence-electron chi connectivity index (χ3n) is 4.88. The van der Waals surface area contributed by atoms with Crippen LogP contribution in [0.3, 0.4) is 0 Å². The van der Waals surface area contributed by atoms with Gasteiger partial charge < -0.3 is 14.4 Å². The van der Waals surface area contributed by atoms with Gasteiger partial charge in [0.25, 0.3) is 0 Å². The van der Waals surface area contributed by atoms with Gasteiger partial charge in [-0.05, 0) is 49.8 Å². The first-order chi connectivity index (χ1) is 12.1. The summed E-state index contributed by atoms with van der Waals surface area (Å²) in [4.78, 5) is 15.4. The summed E-state index contributed by atoms with van der Waals surface area (Å²) in [6, 6.07) is 7.43. The third-order valence-corrected chi connectivity index (χ3v) is 4.88. The summed E-state index contributed by atoms with van der Waals surface area (Å²) in [7, 11) is 1.71. The van der Waals surface area contributed by atoms with Crippen LogP contribution < -0.4 is 4.74 Å². The topological polar surface area (TPSA) is 55.8 Å². The van der Waals surface area contributed by atoms with Crippen LogP contribution in [0.2, 0.25) is 0 Å². The number of hydrogen-bond acceptors (Lipinski definition) is 2. The maximum absolute atomic E-state index is 11.8. The molecule has 1 aliphatic rings. The Morgan fingerprint density at radius 3 is 2.48 bits per heavy atom. The quantitative estimate of drug-likeness (QED) is 0.795. The number of ether oxygens (including phenoxy) is 1. The molecule has 1 heterocycles. The number of carboxylic acid groups (broad SMARTS) is 1. The molecule has 3 rings (SSSR count). The van der Waals surface area contributed by atoms with Crippen molar-refractivity contribution in [2.24, 2.45) is 7.05 Å². The molecule has 0 atom stereocenters. The molecule has 0 radical (unpaired) electrons. The Balaban J connectivity index is 2.01. The van der Waals surface area contributed by atoms with Crippen LogP contribution in [0.4, 0.5) is 5.69 Å². The Morgan fingerprint density at radius 1 is 1.32 bits per heavy atom. The first kappa shape index (κ1) is 17.1. The maximum Gasteiger partial charge on any atom is 0.351 e. The predicted molar refractivity (Wildman–Crippen MR) is 96.3 cm³/mol. The van der Waals surface area contributed by atoms with E-state index in [1.165, 1.54) is 12.8 Å². The molecule has 2 aromatic rings. The van der Waals surface area contributed by atoms with Crippen LogP contribution in [0.1, 0.15) is 48.8 Å². The number of aromatic carboxylic acids is 1. The lowest BCUT2D eigenvalue weighted by Crippen LogP contribution is -2.10. The molecule has 0 amide bonds. The van der Waals surface area contributed by atoms with E-state index in [0.29, 0.717) is 17.7 Å². The molecule has 0 aliphatic heterocycles. The first-order valence-corrected chi connectivity index (χ1v) is 8.66. The van der Waals surface area contributed by atoms with E-state index < -0.39 is 5.97 Å². The summed E-state index contributed by atoms with van der Waals surface area (Å²) in [5, 5.41) is 9.63. The van der Waals surface area contributed by atoms with E-state index >= 15 is 0 Å². The van der Waals surface area contributed by atoms with E-state index in [0.717, 1.165) is 29.8 Å². The fourth-order valence-corrected chi connectivity index (χ4v) is 3.67. The van der Waals surface area contributed by atoms with Crippen molar-refractivity contribution in [2.75, 3.05) is 0 Å². The fourth-order valence-electron chi connectivity index (χ4n) is 3.67. The van der Waals surface area contributed by atoms with Crippen LogP contribution >= 0.6 is 0 Å². The number of nitrogens with zero attached hydrogens (tertiary/aromatic N) is 2. The van der Waals surface area contributed by atoms with Gasteiger partial charge in [0.05, 0.1) is 12.7 Å². The number of rotatable bonds is 5. The van der Waals surface area contributed by atoms with E-state index in [4.69, 9.17) is 11.3 Å². The molecule has 0 spiro atoms. The van der Waals surface area contributed by atoms with E-state index in [2.05, 4.69) is 4.85 Å². The van der Waals surface area contributed by atoms with Crippen molar-refractivity contribution in [1.82, 2.24) is 4.57 Å². The SMILES string of the molecule is [C-]#[N+]c1c(-c2ccc(OC3CCCC3)cc2)c(C(=O)O)n(C)c1CC. The third kappa shape index (κ3) is 3.12. The summed E-state index contributed by atoms with van der Waals surface area (Å²) in [5.74, 6) is -0.225. The Morgan fingerprint density at radius 2 is 1.96 bits per heavy atom. The van der Waals surface area contributed by atoms with Crippen molar-refractivity contribution in [3.8, 4) is 16.9 Å². The molecule has 130 valence electrons. The molecule has 0 saturated heterocycles. The Labute approximate surface area is 147 Å². The highest BCUT2D eigenvalue weighted by atomic mass is 16.5. The van der Waals surface area contributed by atoms with Crippen LogP contribution in [0.15, 0.2) is 24.3 Å². The number of hydrogen-bond donors (Lipinski definition) is 1. The molecule has 1 N–H and O–H groups in total. The molecule has 0 bridgehead atoms. The van der Waals surface area contributed by atoms with Crippen LogP contribution in [0.5, 0.6) is 5.75 Å². The van der Waals surface area contributed by atoms with Gasteiger partial charge >= 0.3 is 5.97 Å². The van der Waals surface area contributed by atoms with Gasteiger partial charge in [-0.25, -0.2) is 9.64 Å². The molecule has 5 heteroatoms. The summed E-state index contributed by atoms with van der Waals surface area (Å²) in [6.07, 6.45) is 5.49. The lowest BCUT2D eigenvalue weighted by Gasteiger charge is -2.13. The second-order valence-electron chi connectivity index (χ2n) is 6.40. The summed E-state index contributed by atoms with van der Waals surface area (Å²) >= 11 is 0. The highest BCUT2D eigenvalue weighted by Crippen LogP contribution is 2.40. The van der Waals surface area contributed by atoms with E-state index in [-0.39, 0.29) is 11.8 Å². The summed E-state index contributed by atoms with van der Waals surface area (Å²) < 4.78 is 7.59. The molecule has 1 aromatic heterocycles. The van der Waals surface area contributed by atoms with Crippen molar-refractivity contribution in [1.29, 1.82) is 0 Å². The van der Waals surface area contributed by atoms with Gasteiger partial charge in [-0.2, -0.15) is 0 Å². The molecule has 1 fully saturated rings. The lowest BCUT2D eigenvalue weighted by atomic mass is 10.0. The van der Waals surface area contributed by atoms with Crippen LogP contribution in [0, 0.1) is 6.57 Å². The number of benzene rings is 1. The van der Waals surface area contributed by atoms with E-state index in [9.17, 15) is 9.90 Å². The smallest absolute Gasteiger partial charge is 0.351 e. The first-order valence-electron chi connectivity index (χ1n) is 8.66. The van der Waals surface area contributed by atoms with Crippen LogP contribution in [0.25, 0.3) is 16.0 Å². The zero-order valence-electron chi connectivity index (χ0n) is 14.6. The van der Waals surface area contributed by atoms with Crippen molar-refractivity contribution in [3.05, 3.63) is 47.1 Å². The number of carbonyl (C=O) groups is 1. The van der Waals surface area contributed by atoms with Crippen molar-refractivity contribution in [3.63, 3.8) is 0 Å². The van der Waals surface area contributed by atoms with Gasteiger partial charge in [0.2, 0.25) is 5.69 Å². The largest absolute Gasteiger partial charge is 0.490 e. The van der Waals surface area contributed by atoms with Crippen molar-refractivity contribution < 1.29 is 14.6 Å². The highest BCUT2D eigenvalue weighted by Gasteiger charge is 2.25. The van der Waals surface area contributed by atoms with Gasteiger partial charge in [-0.1, -0.05) is 19.1 Å². The van der Waals surface area contributed by atoms with E-state index in [1.54, 1.807) is 11.6 Å². The molecule has 1 aromatic carbocycles. The normalized spacial score (nSPS) is 14.4. The number of carboxylic acids is 1. The molecular weight excluding hydrogens is 316 g/mol. The van der Waals surface area contributed by atoms with Crippen LogP contribution in [-0.4, -0.2) is 21.7 Å². The monoisotopic (exact) mass is 338 g/mol. The molecule has 1 saturated carbocycles. The van der Waals surface area contributed by atoms with Gasteiger partial charge in [0.1, 0.15) is 11.4 Å². The van der Waals surface area contributed by atoms with Crippen molar-refractivity contribution in [2.45, 2.75) is 45.1 Å². The lowest BCUT2D eigenvalue weighted by molar-refractivity contribution is 0.0687. The standard InChI is InChI=1S/C20H22N2O3/c1-4-16-18(21-2)17(19(20(23)24)22(16)3)13-9-11-15(12-10-13)25-14-7-5-6-8-14/h9-12,14H,4-8H2,1,3H3,(H,23,24). The predicted octanol–water partition coefficient (Wildman–Crippen LogP) is 4.82. The summed E-state index contributed by atoms with van der Waals surface area (Å²) in [5.41, 5.74) is 2.56. The number of aromatic nitrogens is 1. The highest BCUT2D eigenvalue weighted by molar-refractivity contribution is 6.00. The second kappa shape index (κ2) is 7.02. The minimum absolute atomic E-state index is 0.160. The Bertz CT molecular complexity index is 822. The Kier molecular flexibility index (Phi) is 4.80. The average Bonchev–Trinajstić information content (AvgIpc) is 3.20. The molecule has 5 nitrogen and oxygen atoms in total. The minimum Gasteiger partial charge on any atom is -0.490 e. The van der Waals surface area contributed by atoms with E-state index in [1.807, 2.05) is 31.2 Å². The summed E-state index contributed by atoms with van der Waals surface area (Å²) in [6.45, 7) is 9.44. The Hall–Kier alpha value is -2.74. The van der Waals surface area contributed by atoms with Crippen molar-refractivity contribution >= 4 is 11.7 Å². The zero-order valence-corrected chi connectivity index (χ0v) is 14.6. The molecular formula is C20H22N2O3.